The van der Waals surface area contributed by atoms with E-state index in [1.54, 1.807) is 59.1 Å². The summed E-state index contributed by atoms with van der Waals surface area (Å²) in [7, 11) is 1.59. The Labute approximate surface area is 434 Å². The smallest absolute Gasteiger partial charge is 0.320 e. The molecule has 6 aromatic rings. The lowest BCUT2D eigenvalue weighted by molar-refractivity contribution is -0.145. The number of ether oxygens (including phenoxy) is 6. The minimum atomic E-state index is -0.853. The SMILES string of the molecule is CCOC(=O)CN(Cc1cc2c(cn1)OCCO2)C1CCN(CCn2c(=O)ccc3ncc(OC)cc32)CC1.Cc1cnc2ccc(=O)n(CCN3CCC(N(CC(=O)O)Cc4cc5c(cn4)OCCO5)CC3)c2c1. The number of piperidine rings is 2. The molecule has 0 atom stereocenters. The van der Waals surface area contributed by atoms with Crippen molar-refractivity contribution >= 4 is 34.0 Å². The predicted molar refractivity (Wildman–Crippen MR) is 278 cm³/mol. The zero-order valence-electron chi connectivity index (χ0n) is 42.9. The van der Waals surface area contributed by atoms with Gasteiger partial charge in [0, 0.05) is 87.9 Å². The van der Waals surface area contributed by atoms with Crippen LogP contribution in [0.3, 0.4) is 0 Å². The lowest BCUT2D eigenvalue weighted by Crippen LogP contribution is -2.47. The van der Waals surface area contributed by atoms with E-state index in [9.17, 15) is 24.3 Å². The predicted octanol–water partition coefficient (Wildman–Crippen LogP) is 4.02. The minimum absolute atomic E-state index is 0.0238. The first-order chi connectivity index (χ1) is 36.5. The van der Waals surface area contributed by atoms with Crippen LogP contribution in [0.15, 0.2) is 82.9 Å². The molecule has 10 heterocycles. The Morgan fingerprint density at radius 2 is 1.11 bits per heavy atom. The molecular formula is C54H66N10O11. The number of nitrogens with zero attached hydrogens (tertiary/aromatic N) is 10. The Morgan fingerprint density at radius 3 is 1.60 bits per heavy atom. The highest BCUT2D eigenvalue weighted by Crippen LogP contribution is 2.32. The van der Waals surface area contributed by atoms with Crippen molar-refractivity contribution < 1.29 is 43.1 Å². The van der Waals surface area contributed by atoms with Gasteiger partial charge in [-0.15, -0.1) is 0 Å². The molecule has 0 unspecified atom stereocenters. The van der Waals surface area contributed by atoms with Crippen LogP contribution >= 0.6 is 0 Å². The first kappa shape index (κ1) is 52.7. The number of pyridine rings is 6. The van der Waals surface area contributed by atoms with Gasteiger partial charge in [-0.25, -0.2) is 0 Å². The number of carbonyl (C=O) groups excluding carboxylic acids is 1. The van der Waals surface area contributed by atoms with E-state index in [2.05, 4.69) is 34.6 Å². The van der Waals surface area contributed by atoms with E-state index in [0.29, 0.717) is 88.0 Å². The van der Waals surface area contributed by atoms with Gasteiger partial charge in [0.25, 0.3) is 11.1 Å². The maximum absolute atomic E-state index is 12.7. The first-order valence-electron chi connectivity index (χ1n) is 25.8. The van der Waals surface area contributed by atoms with Gasteiger partial charge < -0.3 is 52.5 Å². The van der Waals surface area contributed by atoms with Crippen LogP contribution in [0, 0.1) is 6.92 Å². The van der Waals surface area contributed by atoms with E-state index < -0.39 is 5.97 Å². The molecule has 4 aliphatic heterocycles. The van der Waals surface area contributed by atoms with Gasteiger partial charge in [-0.1, -0.05) is 0 Å². The van der Waals surface area contributed by atoms with Crippen molar-refractivity contribution in [2.75, 3.05) is 92.5 Å². The van der Waals surface area contributed by atoms with Crippen LogP contribution in [-0.2, 0) is 40.5 Å². The summed E-state index contributed by atoms with van der Waals surface area (Å²) in [5.41, 5.74) is 5.74. The number of aliphatic carboxylic acids is 1. The number of carboxylic acid groups (broad SMARTS) is 1. The van der Waals surface area contributed by atoms with Gasteiger partial charge in [-0.2, -0.15) is 0 Å². The maximum atomic E-state index is 12.7. The molecule has 21 heteroatoms. The number of carbonyl (C=O) groups is 2. The van der Waals surface area contributed by atoms with Gasteiger partial charge in [-0.05, 0) is 89.5 Å². The first-order valence-corrected chi connectivity index (χ1v) is 25.8. The number of carboxylic acids is 1. The highest BCUT2D eigenvalue weighted by molar-refractivity contribution is 5.76. The third kappa shape index (κ3) is 13.6. The highest BCUT2D eigenvalue weighted by atomic mass is 16.6. The van der Waals surface area contributed by atoms with Crippen molar-refractivity contribution in [2.45, 2.75) is 77.8 Å². The summed E-state index contributed by atoms with van der Waals surface area (Å²) >= 11 is 0. The molecule has 2 saturated heterocycles. The van der Waals surface area contributed by atoms with Crippen molar-refractivity contribution in [3.63, 3.8) is 0 Å². The van der Waals surface area contributed by atoms with E-state index in [4.69, 9.17) is 28.4 Å². The maximum Gasteiger partial charge on any atom is 0.320 e. The number of aryl methyl sites for hydroxylation is 1. The summed E-state index contributed by atoms with van der Waals surface area (Å²) in [6.45, 7) is 13.3. The molecular weight excluding hydrogens is 965 g/mol. The number of likely N-dealkylation sites (tertiary alicyclic amines) is 2. The fourth-order valence-corrected chi connectivity index (χ4v) is 10.2. The molecule has 0 radical (unpaired) electrons. The third-order valence-electron chi connectivity index (χ3n) is 14.1. The van der Waals surface area contributed by atoms with Crippen molar-refractivity contribution in [2.24, 2.45) is 0 Å². The van der Waals surface area contributed by atoms with E-state index in [-0.39, 0.29) is 42.3 Å². The Kier molecular flexibility index (Phi) is 17.5. The second kappa shape index (κ2) is 24.9. The zero-order chi connectivity index (χ0) is 52.3. The normalized spacial score (nSPS) is 16.2. The molecule has 6 aromatic heterocycles. The number of esters is 1. The molecule has 0 spiro atoms. The fraction of sp³-hybridized carbons (Fsp3) is 0.481. The monoisotopic (exact) mass is 1030 g/mol. The quantitative estimate of drug-likeness (QED) is 0.120. The van der Waals surface area contributed by atoms with Crippen molar-refractivity contribution in [1.29, 1.82) is 0 Å². The van der Waals surface area contributed by atoms with Crippen LogP contribution < -0.4 is 34.8 Å². The largest absolute Gasteiger partial charge is 0.495 e. The lowest BCUT2D eigenvalue weighted by Gasteiger charge is -2.38. The lowest BCUT2D eigenvalue weighted by atomic mass is 10.0. The molecule has 75 heavy (non-hydrogen) atoms. The summed E-state index contributed by atoms with van der Waals surface area (Å²) in [6.07, 6.45) is 10.3. The van der Waals surface area contributed by atoms with Crippen molar-refractivity contribution in [3.8, 4) is 28.7 Å². The van der Waals surface area contributed by atoms with Gasteiger partial charge in [0.05, 0.1) is 78.9 Å². The van der Waals surface area contributed by atoms with Crippen LogP contribution in [0.25, 0.3) is 22.1 Å². The van der Waals surface area contributed by atoms with Crippen molar-refractivity contribution in [1.82, 2.24) is 48.7 Å². The van der Waals surface area contributed by atoms with Gasteiger partial charge >= 0.3 is 11.9 Å². The molecule has 10 rings (SSSR count). The molecule has 21 nitrogen and oxygen atoms in total. The van der Waals surface area contributed by atoms with Crippen LogP contribution in [0.5, 0.6) is 28.7 Å². The summed E-state index contributed by atoms with van der Waals surface area (Å²) in [5.74, 6) is 2.15. The Hall–Kier alpha value is -7.20. The molecule has 0 bridgehead atoms. The Bertz CT molecular complexity index is 3060. The molecule has 1 N–H and O–H groups in total. The van der Waals surface area contributed by atoms with Gasteiger partial charge in [0.15, 0.2) is 23.0 Å². The zero-order valence-corrected chi connectivity index (χ0v) is 42.9. The highest BCUT2D eigenvalue weighted by Gasteiger charge is 2.29. The third-order valence-corrected chi connectivity index (χ3v) is 14.1. The Morgan fingerprint density at radius 1 is 0.627 bits per heavy atom. The summed E-state index contributed by atoms with van der Waals surface area (Å²) in [5, 5.41) is 9.52. The topological polar surface area (TPSA) is 218 Å². The van der Waals surface area contributed by atoms with Crippen LogP contribution in [0.2, 0.25) is 0 Å². The average Bonchev–Trinajstić information content (AvgIpc) is 3.42. The van der Waals surface area contributed by atoms with Crippen LogP contribution in [-0.4, -0.2) is 170 Å². The standard InChI is InChI=1S/C28H35N5O6.C26H31N5O5/c1-3-37-28(35)19-32(18-20-14-25-26(17-29-20)39-13-12-38-25)21-6-8-31(9-7-21)10-11-33-24-15-22(36-2)16-30-23(24)4-5-27(33)34;1-18-12-22-21(28-14-18)2-3-25(32)31(22)9-8-29-6-4-20(5-7-29)30(17-26(33)34)16-19-13-23-24(15-27-19)36-11-10-35-23/h4-5,14-17,21H,3,6-13,18-19H2,1-2H3;2-3,12-15,20H,4-11,16-17H2,1H3,(H,33,34). The number of fused-ring (bicyclic) bond motifs is 4. The summed E-state index contributed by atoms with van der Waals surface area (Å²) in [4.78, 5) is 76.0. The van der Waals surface area contributed by atoms with E-state index >= 15 is 0 Å². The van der Waals surface area contributed by atoms with E-state index in [1.165, 1.54) is 0 Å². The van der Waals surface area contributed by atoms with Gasteiger partial charge in [0.2, 0.25) is 0 Å². The summed E-state index contributed by atoms with van der Waals surface area (Å²) in [6, 6.07) is 14.6. The fourth-order valence-electron chi connectivity index (χ4n) is 10.2. The van der Waals surface area contributed by atoms with Crippen molar-refractivity contribution in [3.05, 3.63) is 111 Å². The molecule has 0 aliphatic carbocycles. The number of hydrogen-bond donors (Lipinski definition) is 1. The van der Waals surface area contributed by atoms with E-state index in [0.717, 1.165) is 104 Å². The molecule has 0 aromatic carbocycles. The van der Waals surface area contributed by atoms with Crippen LogP contribution in [0.4, 0.5) is 0 Å². The summed E-state index contributed by atoms with van der Waals surface area (Å²) < 4.78 is 36.6. The minimum Gasteiger partial charge on any atom is -0.495 e. The molecule has 4 aliphatic rings. The molecule has 2 fully saturated rings. The molecule has 0 saturated carbocycles. The van der Waals surface area contributed by atoms with E-state index in [1.807, 2.05) is 49.2 Å². The van der Waals surface area contributed by atoms with Gasteiger partial charge in [-0.3, -0.25) is 48.9 Å². The number of hydrogen-bond acceptors (Lipinski definition) is 18. The number of aromatic nitrogens is 6. The number of methoxy groups -OCH3 is 1. The van der Waals surface area contributed by atoms with Crippen LogP contribution in [0.1, 0.15) is 49.6 Å². The molecule has 398 valence electrons. The number of rotatable bonds is 18. The second-order valence-electron chi connectivity index (χ2n) is 19.1. The molecule has 0 amide bonds. The Balaban J connectivity index is 0.000000184. The average molecular weight is 1030 g/mol. The second-order valence-corrected chi connectivity index (χ2v) is 19.1. The van der Waals surface area contributed by atoms with Gasteiger partial charge in [0.1, 0.15) is 32.2 Å².